The van der Waals surface area contributed by atoms with Gasteiger partial charge in [-0.2, -0.15) is 0 Å². The van der Waals surface area contributed by atoms with E-state index in [-0.39, 0.29) is 30.8 Å². The lowest BCUT2D eigenvalue weighted by Crippen LogP contribution is -2.51. The molecule has 0 fully saturated rings. The van der Waals surface area contributed by atoms with Crippen LogP contribution in [0.15, 0.2) is 42.5 Å². The summed E-state index contributed by atoms with van der Waals surface area (Å²) in [4.78, 5) is 27.6. The number of nitrogens with zero attached hydrogens (tertiary/aromatic N) is 1. The Kier molecular flexibility index (Phi) is 9.12. The van der Waals surface area contributed by atoms with E-state index in [1.165, 1.54) is 11.0 Å². The fourth-order valence-electron chi connectivity index (χ4n) is 3.10. The molecule has 30 heavy (non-hydrogen) atoms. The third-order valence-electron chi connectivity index (χ3n) is 5.02. The molecule has 0 aliphatic carbocycles. The average Bonchev–Trinajstić information content (AvgIpc) is 2.72. The van der Waals surface area contributed by atoms with Crippen molar-refractivity contribution in [2.75, 3.05) is 0 Å². The van der Waals surface area contributed by atoms with Crippen molar-refractivity contribution in [3.8, 4) is 0 Å². The molecule has 2 aromatic rings. The molecule has 0 aliphatic rings. The topological polar surface area (TPSA) is 49.4 Å². The Labute approximate surface area is 187 Å². The summed E-state index contributed by atoms with van der Waals surface area (Å²) in [5.41, 5.74) is 1.03. The number of rotatable bonds is 9. The van der Waals surface area contributed by atoms with Gasteiger partial charge in [-0.3, -0.25) is 9.59 Å². The fourth-order valence-corrected chi connectivity index (χ4v) is 3.42. The molecular formula is C23H27Cl2FN2O2. The van der Waals surface area contributed by atoms with Crippen molar-refractivity contribution >= 4 is 35.0 Å². The predicted octanol–water partition coefficient (Wildman–Crippen LogP) is 5.40. The quantitative estimate of drug-likeness (QED) is 0.553. The molecule has 2 aromatic carbocycles. The largest absolute Gasteiger partial charge is 0.352 e. The van der Waals surface area contributed by atoms with Crippen LogP contribution < -0.4 is 5.32 Å². The van der Waals surface area contributed by atoms with E-state index in [2.05, 4.69) is 5.32 Å². The number of hydrogen-bond donors (Lipinski definition) is 1. The number of nitrogens with one attached hydrogen (secondary N) is 1. The molecule has 2 atom stereocenters. The van der Waals surface area contributed by atoms with Crippen molar-refractivity contribution in [1.82, 2.24) is 10.2 Å². The van der Waals surface area contributed by atoms with E-state index in [1.54, 1.807) is 36.4 Å². The van der Waals surface area contributed by atoms with Crippen LogP contribution in [0.25, 0.3) is 0 Å². The van der Waals surface area contributed by atoms with Crippen LogP contribution in [-0.4, -0.2) is 28.8 Å². The Morgan fingerprint density at radius 1 is 1.07 bits per heavy atom. The van der Waals surface area contributed by atoms with Gasteiger partial charge in [0.25, 0.3) is 0 Å². The van der Waals surface area contributed by atoms with E-state index in [4.69, 9.17) is 23.2 Å². The van der Waals surface area contributed by atoms with E-state index >= 15 is 0 Å². The molecule has 2 rings (SSSR count). The van der Waals surface area contributed by atoms with Crippen LogP contribution in [0.2, 0.25) is 10.0 Å². The number of carbonyl (C=O) groups is 2. The zero-order valence-electron chi connectivity index (χ0n) is 17.4. The van der Waals surface area contributed by atoms with Gasteiger partial charge in [-0.05, 0) is 49.1 Å². The zero-order chi connectivity index (χ0) is 22.3. The molecule has 162 valence electrons. The lowest BCUT2D eigenvalue weighted by atomic mass is 10.1. The second kappa shape index (κ2) is 11.3. The second-order valence-electron chi connectivity index (χ2n) is 7.28. The van der Waals surface area contributed by atoms with Gasteiger partial charge in [0.2, 0.25) is 11.8 Å². The Balaban J connectivity index is 2.34. The molecule has 1 N–H and O–H groups in total. The molecule has 0 unspecified atom stereocenters. The first-order valence-electron chi connectivity index (χ1n) is 10.0. The third-order valence-corrected chi connectivity index (χ3v) is 5.76. The van der Waals surface area contributed by atoms with Crippen LogP contribution in [0.1, 0.15) is 44.7 Å². The third kappa shape index (κ3) is 6.44. The molecule has 0 spiro atoms. The van der Waals surface area contributed by atoms with Crippen LogP contribution in [0.5, 0.6) is 0 Å². The van der Waals surface area contributed by atoms with Crippen molar-refractivity contribution in [2.45, 2.75) is 58.7 Å². The summed E-state index contributed by atoms with van der Waals surface area (Å²) in [6.45, 7) is 5.90. The second-order valence-corrected chi connectivity index (χ2v) is 8.09. The summed E-state index contributed by atoms with van der Waals surface area (Å²) < 4.78 is 14.1. The first-order chi connectivity index (χ1) is 14.3. The minimum Gasteiger partial charge on any atom is -0.352 e. The molecule has 0 radical (unpaired) electrons. The number of hydrogen-bond acceptors (Lipinski definition) is 2. The predicted molar refractivity (Wildman–Crippen MR) is 119 cm³/mol. The van der Waals surface area contributed by atoms with Gasteiger partial charge in [0.05, 0.1) is 16.5 Å². The van der Waals surface area contributed by atoms with Crippen molar-refractivity contribution in [1.29, 1.82) is 0 Å². The average molecular weight is 453 g/mol. The highest BCUT2D eigenvalue weighted by Gasteiger charge is 2.29. The van der Waals surface area contributed by atoms with Crippen LogP contribution >= 0.6 is 23.2 Å². The number of halogens is 3. The van der Waals surface area contributed by atoms with Crippen LogP contribution in [0, 0.1) is 5.82 Å². The van der Waals surface area contributed by atoms with E-state index in [1.807, 2.05) is 20.8 Å². The maximum absolute atomic E-state index is 14.1. The van der Waals surface area contributed by atoms with Gasteiger partial charge in [-0.25, -0.2) is 4.39 Å². The van der Waals surface area contributed by atoms with Gasteiger partial charge in [-0.15, -0.1) is 0 Å². The Morgan fingerprint density at radius 3 is 2.37 bits per heavy atom. The minimum atomic E-state index is -0.687. The van der Waals surface area contributed by atoms with Gasteiger partial charge in [0.1, 0.15) is 11.9 Å². The maximum Gasteiger partial charge on any atom is 0.243 e. The molecule has 4 nitrogen and oxygen atoms in total. The maximum atomic E-state index is 14.1. The fraction of sp³-hybridized carbons (Fsp3) is 0.391. The number of amides is 2. The van der Waals surface area contributed by atoms with Gasteiger partial charge < -0.3 is 10.2 Å². The lowest BCUT2D eigenvalue weighted by molar-refractivity contribution is -0.141. The normalized spacial score (nSPS) is 12.9. The molecule has 2 amide bonds. The van der Waals surface area contributed by atoms with E-state index < -0.39 is 11.9 Å². The summed E-state index contributed by atoms with van der Waals surface area (Å²) in [5, 5.41) is 3.72. The molecule has 0 bridgehead atoms. The molecule has 7 heteroatoms. The standard InChI is InChI=1S/C23H27Cl2FN2O2/c1-4-15(3)27-23(30)21(5-2)28(14-16-10-11-18(24)19(25)12-16)22(29)13-17-8-6-7-9-20(17)26/h6-12,15,21H,4-5,13-14H2,1-3H3,(H,27,30)/t15-,21+/m1/s1. The van der Waals surface area contributed by atoms with Gasteiger partial charge in [0, 0.05) is 12.6 Å². The van der Waals surface area contributed by atoms with Crippen molar-refractivity contribution < 1.29 is 14.0 Å². The monoisotopic (exact) mass is 452 g/mol. The molecule has 0 saturated heterocycles. The number of carbonyl (C=O) groups excluding carboxylic acids is 2. The van der Waals surface area contributed by atoms with Crippen molar-refractivity contribution in [3.63, 3.8) is 0 Å². The van der Waals surface area contributed by atoms with Crippen molar-refractivity contribution in [2.24, 2.45) is 0 Å². The lowest BCUT2D eigenvalue weighted by Gasteiger charge is -2.31. The molecule has 0 aliphatic heterocycles. The van der Waals surface area contributed by atoms with Crippen LogP contribution in [-0.2, 0) is 22.6 Å². The van der Waals surface area contributed by atoms with E-state index in [9.17, 15) is 14.0 Å². The summed E-state index contributed by atoms with van der Waals surface area (Å²) in [6, 6.07) is 10.5. The first-order valence-corrected chi connectivity index (χ1v) is 10.8. The highest BCUT2D eigenvalue weighted by molar-refractivity contribution is 6.42. The van der Waals surface area contributed by atoms with Gasteiger partial charge in [-0.1, -0.05) is 61.3 Å². The van der Waals surface area contributed by atoms with Crippen LogP contribution in [0.3, 0.4) is 0 Å². The smallest absolute Gasteiger partial charge is 0.243 e. The number of benzene rings is 2. The van der Waals surface area contributed by atoms with E-state index in [0.29, 0.717) is 22.0 Å². The SMILES string of the molecule is CC[C@@H](C)NC(=O)[C@H](CC)N(Cc1ccc(Cl)c(Cl)c1)C(=O)Cc1ccccc1F. The Bertz CT molecular complexity index is 891. The van der Waals surface area contributed by atoms with Crippen molar-refractivity contribution in [3.05, 3.63) is 69.5 Å². The van der Waals surface area contributed by atoms with Crippen LogP contribution in [0.4, 0.5) is 4.39 Å². The molecular weight excluding hydrogens is 426 g/mol. The van der Waals surface area contributed by atoms with E-state index in [0.717, 1.165) is 12.0 Å². The molecule has 0 heterocycles. The molecule has 0 saturated carbocycles. The summed E-state index contributed by atoms with van der Waals surface area (Å²) in [7, 11) is 0. The highest BCUT2D eigenvalue weighted by Crippen LogP contribution is 2.24. The highest BCUT2D eigenvalue weighted by atomic mass is 35.5. The zero-order valence-corrected chi connectivity index (χ0v) is 18.9. The minimum absolute atomic E-state index is 0.0138. The Morgan fingerprint density at radius 2 is 1.77 bits per heavy atom. The summed E-state index contributed by atoms with van der Waals surface area (Å²) >= 11 is 12.1. The Hall–Kier alpha value is -2.11. The summed E-state index contributed by atoms with van der Waals surface area (Å²) in [6.07, 6.45) is 1.06. The summed E-state index contributed by atoms with van der Waals surface area (Å²) in [5.74, 6) is -1.01. The molecule has 0 aromatic heterocycles. The van der Waals surface area contributed by atoms with Gasteiger partial charge >= 0.3 is 0 Å². The van der Waals surface area contributed by atoms with Gasteiger partial charge in [0.15, 0.2) is 0 Å². The first kappa shape index (κ1) is 24.2.